The van der Waals surface area contributed by atoms with Gasteiger partial charge in [0.05, 0.1) is 31.7 Å². The van der Waals surface area contributed by atoms with Crippen LogP contribution in [0.25, 0.3) is 0 Å². The van der Waals surface area contributed by atoms with Crippen molar-refractivity contribution >= 4 is 53.5 Å². The van der Waals surface area contributed by atoms with Gasteiger partial charge in [-0.3, -0.25) is 38.4 Å². The summed E-state index contributed by atoms with van der Waals surface area (Å²) in [6.07, 6.45) is -4.24. The number of nitrogens with two attached hydrogens (primary N) is 2. The maximum atomic E-state index is 12.8. The second-order valence-electron chi connectivity index (χ2n) is 8.51. The molecule has 0 aromatic heterocycles. The van der Waals surface area contributed by atoms with E-state index < -0.39 is 109 Å². The number of carboxylic acid groups (broad SMARTS) is 5. The second kappa shape index (κ2) is 17.7. The van der Waals surface area contributed by atoms with Gasteiger partial charge in [-0.1, -0.05) is 0 Å². The normalized spacial score (nSPS) is 14.2. The van der Waals surface area contributed by atoms with E-state index in [1.54, 1.807) is 0 Å². The summed E-state index contributed by atoms with van der Waals surface area (Å²) in [5, 5.41) is 53.0. The molecule has 20 heteroatoms. The Morgan fingerprint density at radius 1 is 0.512 bits per heavy atom. The van der Waals surface area contributed by atoms with Crippen LogP contribution < -0.4 is 32.7 Å². The van der Waals surface area contributed by atoms with Crippen molar-refractivity contribution in [2.75, 3.05) is 6.54 Å². The van der Waals surface area contributed by atoms with Crippen molar-refractivity contribution in [3.05, 3.63) is 0 Å². The molecular formula is C21H32N6O14. The first-order chi connectivity index (χ1) is 19.0. The van der Waals surface area contributed by atoms with E-state index in [9.17, 15) is 48.3 Å². The number of rotatable bonds is 20. The van der Waals surface area contributed by atoms with Gasteiger partial charge in [-0.25, -0.2) is 4.79 Å². The number of carbonyl (C=O) groups excluding carboxylic acids is 4. The molecule has 0 aromatic rings. The number of aliphatic carboxylic acids is 5. The maximum absolute atomic E-state index is 12.8. The van der Waals surface area contributed by atoms with Gasteiger partial charge >= 0.3 is 29.8 Å². The van der Waals surface area contributed by atoms with E-state index in [1.807, 2.05) is 21.3 Å². The lowest BCUT2D eigenvalue weighted by Crippen LogP contribution is -2.59. The number of carboxylic acids is 5. The smallest absolute Gasteiger partial charge is 0.326 e. The SMILES string of the molecule is NCCC[C@H](NC(=O)[C@H](CC(=O)O)NC(=O)[C@H](CC(=O)O)NC(=O)[C@H](CC(=O)O)NC(=O)[C@@H](N)CC(=O)O)C(=O)O. The standard InChI is InChI=1S/C21H32N6O14/c22-3-1-2-9(21(40)41)24-18(37)11(6-15(32)33)26-20(39)12(7-16(34)35)27-19(38)10(5-14(30)31)25-17(36)8(23)4-13(28)29/h8-12H,1-7,22-23H2,(H,24,37)(H,25,36)(H,26,39)(H,27,38)(H,28,29)(H,30,31)(H,32,33)(H,34,35)(H,40,41)/t8-,9-,10-,11-,12-/m0/s1. The van der Waals surface area contributed by atoms with E-state index in [2.05, 4.69) is 0 Å². The zero-order valence-electron chi connectivity index (χ0n) is 21.4. The van der Waals surface area contributed by atoms with Crippen molar-refractivity contribution in [3.63, 3.8) is 0 Å². The first-order valence-corrected chi connectivity index (χ1v) is 11.8. The summed E-state index contributed by atoms with van der Waals surface area (Å²) in [4.78, 5) is 106. The molecule has 0 fully saturated rings. The molecule has 5 atom stereocenters. The molecule has 0 radical (unpaired) electrons. The topological polar surface area (TPSA) is 355 Å². The summed E-state index contributed by atoms with van der Waals surface area (Å²) in [6, 6.07) is -9.19. The molecule has 0 saturated carbocycles. The van der Waals surface area contributed by atoms with E-state index in [0.717, 1.165) is 0 Å². The van der Waals surface area contributed by atoms with Gasteiger partial charge in [0.25, 0.3) is 0 Å². The van der Waals surface area contributed by atoms with Crippen LogP contribution in [0.3, 0.4) is 0 Å². The predicted molar refractivity (Wildman–Crippen MR) is 131 cm³/mol. The summed E-state index contributed by atoms with van der Waals surface area (Å²) in [6.45, 7) is 0.0698. The summed E-state index contributed by atoms with van der Waals surface area (Å²) in [5.41, 5.74) is 10.7. The van der Waals surface area contributed by atoms with Crippen molar-refractivity contribution in [1.82, 2.24) is 21.3 Å². The zero-order chi connectivity index (χ0) is 31.9. The monoisotopic (exact) mass is 592 g/mol. The highest BCUT2D eigenvalue weighted by Crippen LogP contribution is 2.04. The van der Waals surface area contributed by atoms with Gasteiger partial charge in [0.15, 0.2) is 0 Å². The third-order valence-corrected chi connectivity index (χ3v) is 5.08. The van der Waals surface area contributed by atoms with E-state index in [0.29, 0.717) is 0 Å². The highest BCUT2D eigenvalue weighted by Gasteiger charge is 2.34. The number of hydrogen-bond acceptors (Lipinski definition) is 11. The molecule has 0 aliphatic heterocycles. The third-order valence-electron chi connectivity index (χ3n) is 5.08. The molecule has 20 nitrogen and oxygen atoms in total. The van der Waals surface area contributed by atoms with E-state index in [-0.39, 0.29) is 19.4 Å². The molecule has 4 amide bonds. The van der Waals surface area contributed by atoms with Gasteiger partial charge in [-0.15, -0.1) is 0 Å². The minimum absolute atomic E-state index is 0.0698. The van der Waals surface area contributed by atoms with Gasteiger partial charge in [0.1, 0.15) is 24.2 Å². The Kier molecular flexibility index (Phi) is 15.6. The first kappa shape index (κ1) is 36.1. The van der Waals surface area contributed by atoms with Crippen LogP contribution in [0.5, 0.6) is 0 Å². The second-order valence-corrected chi connectivity index (χ2v) is 8.51. The van der Waals surface area contributed by atoms with Crippen LogP contribution >= 0.6 is 0 Å². The largest absolute Gasteiger partial charge is 0.481 e. The molecule has 0 unspecified atom stereocenters. The lowest BCUT2D eigenvalue weighted by Gasteiger charge is -2.25. The minimum atomic E-state index is -2.06. The predicted octanol–water partition coefficient (Wildman–Crippen LogP) is -5.02. The molecule has 0 rings (SSSR count). The van der Waals surface area contributed by atoms with Gasteiger partial charge in [-0.05, 0) is 19.4 Å². The Bertz CT molecular complexity index is 1030. The fourth-order valence-corrected chi connectivity index (χ4v) is 3.11. The maximum Gasteiger partial charge on any atom is 0.326 e. The van der Waals surface area contributed by atoms with Gasteiger partial charge in [0, 0.05) is 0 Å². The molecule has 0 aliphatic carbocycles. The van der Waals surface area contributed by atoms with E-state index in [1.165, 1.54) is 0 Å². The Morgan fingerprint density at radius 2 is 0.829 bits per heavy atom. The molecule has 41 heavy (non-hydrogen) atoms. The lowest BCUT2D eigenvalue weighted by molar-refractivity contribution is -0.145. The molecule has 0 aromatic carbocycles. The fourth-order valence-electron chi connectivity index (χ4n) is 3.11. The summed E-state index contributed by atoms with van der Waals surface area (Å²) in [7, 11) is 0. The Hall–Kier alpha value is -4.85. The zero-order valence-corrected chi connectivity index (χ0v) is 21.4. The number of amides is 4. The Balaban J connectivity index is 5.88. The highest BCUT2D eigenvalue weighted by atomic mass is 16.4. The third kappa shape index (κ3) is 14.8. The Morgan fingerprint density at radius 3 is 1.12 bits per heavy atom. The van der Waals surface area contributed by atoms with Gasteiger partial charge < -0.3 is 58.3 Å². The van der Waals surface area contributed by atoms with Crippen LogP contribution in [0.2, 0.25) is 0 Å². The summed E-state index contributed by atoms with van der Waals surface area (Å²) < 4.78 is 0. The van der Waals surface area contributed by atoms with Crippen molar-refractivity contribution in [2.45, 2.75) is 68.7 Å². The van der Waals surface area contributed by atoms with Crippen molar-refractivity contribution < 1.29 is 68.7 Å². The van der Waals surface area contributed by atoms with Crippen LogP contribution in [-0.2, 0) is 43.2 Å². The molecule has 0 saturated heterocycles. The molecule has 0 spiro atoms. The molecule has 0 aliphatic rings. The van der Waals surface area contributed by atoms with Gasteiger partial charge in [0.2, 0.25) is 23.6 Å². The molecule has 230 valence electrons. The van der Waals surface area contributed by atoms with Crippen LogP contribution in [0.15, 0.2) is 0 Å². The summed E-state index contributed by atoms with van der Waals surface area (Å²) in [5.74, 6) is -13.3. The highest BCUT2D eigenvalue weighted by molar-refractivity contribution is 5.98. The minimum Gasteiger partial charge on any atom is -0.481 e. The van der Waals surface area contributed by atoms with Crippen molar-refractivity contribution in [3.8, 4) is 0 Å². The molecule has 0 bridgehead atoms. The van der Waals surface area contributed by atoms with Crippen LogP contribution in [0.4, 0.5) is 0 Å². The van der Waals surface area contributed by atoms with E-state index >= 15 is 0 Å². The molecule has 0 heterocycles. The van der Waals surface area contributed by atoms with Crippen molar-refractivity contribution in [1.29, 1.82) is 0 Å². The van der Waals surface area contributed by atoms with Crippen molar-refractivity contribution in [2.24, 2.45) is 11.5 Å². The van der Waals surface area contributed by atoms with Gasteiger partial charge in [-0.2, -0.15) is 0 Å². The Labute approximate surface area is 230 Å². The van der Waals surface area contributed by atoms with Crippen LogP contribution in [0, 0.1) is 0 Å². The average Bonchev–Trinajstić information content (AvgIpc) is 2.83. The lowest BCUT2D eigenvalue weighted by atomic mass is 10.1. The molecular weight excluding hydrogens is 560 g/mol. The quantitative estimate of drug-likeness (QED) is 0.0630. The number of hydrogen-bond donors (Lipinski definition) is 11. The number of carbonyl (C=O) groups is 9. The number of nitrogens with one attached hydrogen (secondary N) is 4. The van der Waals surface area contributed by atoms with Crippen LogP contribution in [0.1, 0.15) is 38.5 Å². The molecule has 13 N–H and O–H groups in total. The van der Waals surface area contributed by atoms with E-state index in [4.69, 9.17) is 31.9 Å². The van der Waals surface area contributed by atoms with Crippen LogP contribution in [-0.4, -0.2) is 116 Å². The first-order valence-electron chi connectivity index (χ1n) is 11.8. The fraction of sp³-hybridized carbons (Fsp3) is 0.571. The summed E-state index contributed by atoms with van der Waals surface area (Å²) >= 11 is 0. The average molecular weight is 593 g/mol.